The van der Waals surface area contributed by atoms with Crippen LogP contribution < -0.4 is 21.9 Å². The molecular weight excluding hydrogens is 404 g/mol. The number of aryl methyl sites for hydroxylation is 1. The average Bonchev–Trinajstić information content (AvgIpc) is 3.09. The smallest absolute Gasteiger partial charge is 0.328 e. The number of carbonyl (C=O) groups excluding carboxylic acids is 1. The zero-order valence-electron chi connectivity index (χ0n) is 17.1. The van der Waals surface area contributed by atoms with Crippen molar-refractivity contribution in [1.82, 2.24) is 24.8 Å². The second kappa shape index (κ2) is 8.04. The van der Waals surface area contributed by atoms with Crippen molar-refractivity contribution in [1.29, 1.82) is 0 Å². The number of rotatable bonds is 6. The van der Waals surface area contributed by atoms with Gasteiger partial charge in [-0.15, -0.1) is 11.3 Å². The van der Waals surface area contributed by atoms with E-state index in [0.717, 1.165) is 35.9 Å². The summed E-state index contributed by atoms with van der Waals surface area (Å²) in [7, 11) is 1.59. The van der Waals surface area contributed by atoms with E-state index in [1.54, 1.807) is 20.0 Å². The van der Waals surface area contributed by atoms with E-state index < -0.39 is 0 Å². The van der Waals surface area contributed by atoms with Crippen molar-refractivity contribution in [3.8, 4) is 0 Å². The molecule has 3 aromatic heterocycles. The summed E-state index contributed by atoms with van der Waals surface area (Å²) in [5.41, 5.74) is 2.14. The highest BCUT2D eigenvalue weighted by molar-refractivity contribution is 7.18. The van der Waals surface area contributed by atoms with Gasteiger partial charge in [-0.2, -0.15) is 0 Å². The number of nitrogens with one attached hydrogen (secondary N) is 3. The van der Waals surface area contributed by atoms with E-state index in [9.17, 15) is 14.4 Å². The molecule has 0 unspecified atom stereocenters. The number of aromatic nitrogens is 3. The summed E-state index contributed by atoms with van der Waals surface area (Å²) >= 11 is 1.44. The fraction of sp³-hybridized carbons (Fsp3) is 0.400. The van der Waals surface area contributed by atoms with Crippen molar-refractivity contribution >= 4 is 33.1 Å². The Morgan fingerprint density at radius 2 is 2.10 bits per heavy atom. The molecule has 1 saturated heterocycles. The topological polar surface area (TPSA) is 112 Å². The van der Waals surface area contributed by atoms with Gasteiger partial charge in [-0.25, -0.2) is 9.78 Å². The molecule has 0 bridgehead atoms. The van der Waals surface area contributed by atoms with Crippen LogP contribution >= 0.6 is 11.3 Å². The summed E-state index contributed by atoms with van der Waals surface area (Å²) in [6.45, 7) is 6.48. The molecule has 0 radical (unpaired) electrons. The molecule has 3 N–H and O–H groups in total. The Morgan fingerprint density at radius 1 is 1.33 bits per heavy atom. The summed E-state index contributed by atoms with van der Waals surface area (Å²) in [5, 5.41) is 6.05. The molecule has 0 aromatic carbocycles. The van der Waals surface area contributed by atoms with Crippen molar-refractivity contribution < 1.29 is 4.79 Å². The Hall–Kier alpha value is -2.98. The summed E-state index contributed by atoms with van der Waals surface area (Å²) in [5.74, 6) is -0.199. The monoisotopic (exact) mass is 428 g/mol. The minimum Gasteiger partial charge on any atom is -0.378 e. The van der Waals surface area contributed by atoms with Crippen LogP contribution in [0.15, 0.2) is 27.8 Å². The van der Waals surface area contributed by atoms with E-state index in [4.69, 9.17) is 0 Å². The Kier molecular flexibility index (Phi) is 5.44. The molecule has 9 nitrogen and oxygen atoms in total. The van der Waals surface area contributed by atoms with Crippen molar-refractivity contribution in [2.45, 2.75) is 33.0 Å². The van der Waals surface area contributed by atoms with Gasteiger partial charge in [0.05, 0.1) is 22.9 Å². The number of anilines is 1. The lowest BCUT2D eigenvalue weighted by molar-refractivity contribution is 0.0958. The number of H-pyrrole nitrogens is 1. The van der Waals surface area contributed by atoms with Crippen molar-refractivity contribution in [2.24, 2.45) is 0 Å². The van der Waals surface area contributed by atoms with E-state index in [-0.39, 0.29) is 17.2 Å². The third-order valence-corrected chi connectivity index (χ3v) is 6.38. The van der Waals surface area contributed by atoms with Gasteiger partial charge in [0.2, 0.25) is 0 Å². The molecule has 1 fully saturated rings. The zero-order valence-corrected chi connectivity index (χ0v) is 17.9. The minimum atomic E-state index is -0.362. The van der Waals surface area contributed by atoms with E-state index in [1.807, 2.05) is 19.1 Å². The Labute approximate surface area is 176 Å². The summed E-state index contributed by atoms with van der Waals surface area (Å²) < 4.78 is 1.82. The lowest BCUT2D eigenvalue weighted by Crippen LogP contribution is -2.54. The third kappa shape index (κ3) is 3.75. The highest BCUT2D eigenvalue weighted by Gasteiger charge is 2.27. The molecule has 1 aliphatic rings. The number of nitrogens with zero attached hydrogens (tertiary/aromatic N) is 3. The van der Waals surface area contributed by atoms with Crippen molar-refractivity contribution in [3.05, 3.63) is 55.3 Å². The standard InChI is InChI=1S/C20H24N6O3S/c1-4-26-19(28)17-16(24-20(26)29)7-13(30-17)10-25-8-12(9-25)23-14-5-6-15(18(27)21-3)22-11(14)2/h5-7,12,23H,4,8-10H2,1-3H3,(H,21,27)(H,24,29). The van der Waals surface area contributed by atoms with Gasteiger partial charge in [-0.05, 0) is 32.0 Å². The number of thiophene rings is 1. The van der Waals surface area contributed by atoms with Gasteiger partial charge >= 0.3 is 5.69 Å². The van der Waals surface area contributed by atoms with E-state index in [2.05, 4.69) is 25.5 Å². The normalized spacial score (nSPS) is 14.6. The molecule has 4 heterocycles. The number of hydrogen-bond acceptors (Lipinski definition) is 7. The summed E-state index contributed by atoms with van der Waals surface area (Å²) in [4.78, 5) is 46.6. The molecule has 1 amide bonds. The first-order chi connectivity index (χ1) is 14.4. The van der Waals surface area contributed by atoms with Crippen LogP contribution in [0.1, 0.15) is 28.0 Å². The number of aromatic amines is 1. The van der Waals surface area contributed by atoms with Crippen LogP contribution in [-0.4, -0.2) is 51.5 Å². The fourth-order valence-corrected chi connectivity index (χ4v) is 4.76. The quantitative estimate of drug-likeness (QED) is 0.543. The average molecular weight is 429 g/mol. The maximum atomic E-state index is 12.4. The van der Waals surface area contributed by atoms with E-state index in [1.165, 1.54) is 15.9 Å². The molecule has 0 aliphatic carbocycles. The van der Waals surface area contributed by atoms with Crippen LogP contribution in [0.2, 0.25) is 0 Å². The number of likely N-dealkylation sites (tertiary alicyclic amines) is 1. The first kappa shape index (κ1) is 20.3. The van der Waals surface area contributed by atoms with Gasteiger partial charge in [0.25, 0.3) is 11.5 Å². The van der Waals surface area contributed by atoms with Crippen molar-refractivity contribution in [2.75, 3.05) is 25.5 Å². The molecule has 0 atom stereocenters. The van der Waals surface area contributed by atoms with Gasteiger partial charge in [0.15, 0.2) is 0 Å². The molecule has 10 heteroatoms. The number of fused-ring (bicyclic) bond motifs is 1. The molecule has 4 rings (SSSR count). The second-order valence-corrected chi connectivity index (χ2v) is 8.52. The maximum Gasteiger partial charge on any atom is 0.328 e. The first-order valence-corrected chi connectivity index (χ1v) is 10.7. The Morgan fingerprint density at radius 3 is 2.77 bits per heavy atom. The number of carbonyl (C=O) groups is 1. The van der Waals surface area contributed by atoms with Crippen LogP contribution in [0.5, 0.6) is 0 Å². The molecule has 3 aromatic rings. The van der Waals surface area contributed by atoms with Crippen LogP contribution in [0.4, 0.5) is 5.69 Å². The SMILES string of the molecule is CCn1c(=O)[nH]c2cc(CN3CC(Nc4ccc(C(=O)NC)nc4C)C3)sc2c1=O. The fourth-order valence-electron chi connectivity index (χ4n) is 3.66. The molecule has 1 aliphatic heterocycles. The van der Waals surface area contributed by atoms with Gasteiger partial charge < -0.3 is 15.6 Å². The lowest BCUT2D eigenvalue weighted by atomic mass is 10.1. The molecule has 0 saturated carbocycles. The van der Waals surface area contributed by atoms with Crippen LogP contribution in [0, 0.1) is 6.92 Å². The number of pyridine rings is 1. The van der Waals surface area contributed by atoms with Crippen molar-refractivity contribution in [3.63, 3.8) is 0 Å². The molecular formula is C20H24N6O3S. The predicted octanol–water partition coefficient (Wildman–Crippen LogP) is 1.13. The second-order valence-electron chi connectivity index (χ2n) is 7.38. The largest absolute Gasteiger partial charge is 0.378 e. The number of amides is 1. The van der Waals surface area contributed by atoms with Gasteiger partial charge in [-0.3, -0.25) is 19.1 Å². The highest BCUT2D eigenvalue weighted by atomic mass is 32.1. The molecule has 30 heavy (non-hydrogen) atoms. The van der Waals surface area contributed by atoms with Crippen LogP contribution in [-0.2, 0) is 13.1 Å². The van der Waals surface area contributed by atoms with Crippen LogP contribution in [0.25, 0.3) is 10.2 Å². The van der Waals surface area contributed by atoms with Crippen LogP contribution in [0.3, 0.4) is 0 Å². The summed E-state index contributed by atoms with van der Waals surface area (Å²) in [6.07, 6.45) is 0. The Bertz CT molecular complexity index is 1220. The highest BCUT2D eigenvalue weighted by Crippen LogP contribution is 2.25. The first-order valence-electron chi connectivity index (χ1n) is 9.83. The maximum absolute atomic E-state index is 12.4. The van der Waals surface area contributed by atoms with Gasteiger partial charge in [0.1, 0.15) is 10.4 Å². The number of hydrogen-bond donors (Lipinski definition) is 3. The molecule has 158 valence electrons. The summed E-state index contributed by atoms with van der Waals surface area (Å²) in [6, 6.07) is 5.79. The lowest BCUT2D eigenvalue weighted by Gasteiger charge is -2.40. The third-order valence-electron chi connectivity index (χ3n) is 5.27. The van der Waals surface area contributed by atoms with E-state index >= 15 is 0 Å². The zero-order chi connectivity index (χ0) is 21.4. The Balaban J connectivity index is 1.39. The predicted molar refractivity (Wildman–Crippen MR) is 117 cm³/mol. The van der Waals surface area contributed by atoms with E-state index in [0.29, 0.717) is 28.5 Å². The molecule has 0 spiro atoms. The van der Waals surface area contributed by atoms with Gasteiger partial charge in [0, 0.05) is 38.1 Å². The van der Waals surface area contributed by atoms with Gasteiger partial charge in [-0.1, -0.05) is 0 Å². The minimum absolute atomic E-state index is 0.199.